The zero-order chi connectivity index (χ0) is 18.3. The van der Waals surface area contributed by atoms with Crippen molar-refractivity contribution in [3.8, 4) is 0 Å². The third-order valence-corrected chi connectivity index (χ3v) is 5.35. The van der Waals surface area contributed by atoms with Gasteiger partial charge in [0.15, 0.2) is 0 Å². The van der Waals surface area contributed by atoms with Gasteiger partial charge in [-0.3, -0.25) is 5.10 Å². The number of aromatic nitrogens is 2. The molecule has 3 N–H and O–H groups in total. The average Bonchev–Trinajstić information content (AvgIpc) is 3.22. The Morgan fingerprint density at radius 3 is 2.92 bits per heavy atom. The van der Waals surface area contributed by atoms with Crippen molar-refractivity contribution in [3.63, 3.8) is 0 Å². The summed E-state index contributed by atoms with van der Waals surface area (Å²) in [7, 11) is 0. The number of hydrogen-bond acceptors (Lipinski definition) is 4. The molecule has 26 heavy (non-hydrogen) atoms. The van der Waals surface area contributed by atoms with Gasteiger partial charge in [0.2, 0.25) is 0 Å². The van der Waals surface area contributed by atoms with Crippen molar-refractivity contribution in [2.75, 3.05) is 5.32 Å². The van der Waals surface area contributed by atoms with Gasteiger partial charge >= 0.3 is 12.1 Å². The fourth-order valence-electron chi connectivity index (χ4n) is 2.82. The van der Waals surface area contributed by atoms with Crippen LogP contribution in [-0.2, 0) is 0 Å². The average molecular weight is 388 g/mol. The fourth-order valence-corrected chi connectivity index (χ4v) is 3.90. The zero-order valence-corrected chi connectivity index (χ0v) is 15.2. The number of benzene rings is 1. The van der Waals surface area contributed by atoms with E-state index >= 15 is 0 Å². The van der Waals surface area contributed by atoms with Gasteiger partial charge in [-0.2, -0.15) is 5.10 Å². The number of imide groups is 1. The van der Waals surface area contributed by atoms with Crippen molar-refractivity contribution in [1.82, 2.24) is 20.4 Å². The molecule has 0 saturated heterocycles. The number of carbonyl (C=O) groups excluding carboxylic acids is 2. The molecule has 1 aliphatic rings. The first-order chi connectivity index (χ1) is 12.5. The molecular weight excluding hydrogens is 374 g/mol. The topological polar surface area (TPSA) is 90.1 Å². The summed E-state index contributed by atoms with van der Waals surface area (Å²) >= 11 is 7.35. The van der Waals surface area contributed by atoms with E-state index in [9.17, 15) is 9.59 Å². The molecule has 1 aliphatic heterocycles. The summed E-state index contributed by atoms with van der Waals surface area (Å²) < 4.78 is 0.648. The Kier molecular flexibility index (Phi) is 4.14. The molecule has 0 aliphatic carbocycles. The molecule has 4 rings (SSSR count). The molecule has 2 aromatic heterocycles. The summed E-state index contributed by atoms with van der Waals surface area (Å²) in [4.78, 5) is 27.0. The SMILES string of the molecule is CC1=CC(c2ccc(Cl)s2)NC(=O)N1C(=O)Nc1ccc2[nH]ncc2c1. The quantitative estimate of drug-likeness (QED) is 0.605. The number of H-pyrrole nitrogens is 1. The Morgan fingerprint density at radius 1 is 1.35 bits per heavy atom. The van der Waals surface area contributed by atoms with Crippen molar-refractivity contribution in [2.24, 2.45) is 0 Å². The number of halogens is 1. The number of fused-ring (bicyclic) bond motifs is 1. The standard InChI is InChI=1S/C17H14ClN5O2S/c1-9-6-13(14-4-5-15(18)26-14)21-17(25)23(9)16(24)20-11-2-3-12-10(7-11)8-19-22-12/h2-8,13H,1H3,(H,19,22)(H,20,24)(H,21,25). The highest BCUT2D eigenvalue weighted by Crippen LogP contribution is 2.31. The van der Waals surface area contributed by atoms with E-state index in [1.54, 1.807) is 31.3 Å². The van der Waals surface area contributed by atoms with Crippen molar-refractivity contribution in [3.05, 3.63) is 57.5 Å². The molecule has 0 radical (unpaired) electrons. The molecule has 132 valence electrons. The lowest BCUT2D eigenvalue weighted by atomic mass is 10.1. The van der Waals surface area contributed by atoms with Gasteiger partial charge in [-0.1, -0.05) is 11.6 Å². The molecule has 0 bridgehead atoms. The van der Waals surface area contributed by atoms with E-state index in [1.165, 1.54) is 11.3 Å². The summed E-state index contributed by atoms with van der Waals surface area (Å²) in [5.74, 6) is 0. The first-order valence-corrected chi connectivity index (χ1v) is 8.99. The van der Waals surface area contributed by atoms with Gasteiger partial charge in [-0.25, -0.2) is 14.5 Å². The summed E-state index contributed by atoms with van der Waals surface area (Å²) in [5, 5.41) is 13.2. The van der Waals surface area contributed by atoms with E-state index in [0.717, 1.165) is 20.7 Å². The number of anilines is 1. The number of aromatic amines is 1. The predicted molar refractivity (Wildman–Crippen MR) is 101 cm³/mol. The van der Waals surface area contributed by atoms with E-state index in [0.29, 0.717) is 15.7 Å². The maximum Gasteiger partial charge on any atom is 0.334 e. The summed E-state index contributed by atoms with van der Waals surface area (Å²) in [6.07, 6.45) is 3.49. The Bertz CT molecular complexity index is 1040. The van der Waals surface area contributed by atoms with Crippen molar-refractivity contribution in [1.29, 1.82) is 0 Å². The molecule has 9 heteroatoms. The number of nitrogens with zero attached hydrogens (tertiary/aromatic N) is 2. The summed E-state index contributed by atoms with van der Waals surface area (Å²) in [5.41, 5.74) is 1.99. The molecule has 4 amide bonds. The van der Waals surface area contributed by atoms with Gasteiger partial charge in [0.1, 0.15) is 0 Å². The molecule has 3 heterocycles. The zero-order valence-electron chi connectivity index (χ0n) is 13.6. The minimum atomic E-state index is -0.526. The van der Waals surface area contributed by atoms with Crippen molar-refractivity contribution in [2.45, 2.75) is 13.0 Å². The van der Waals surface area contributed by atoms with Crippen LogP contribution in [0.2, 0.25) is 4.34 Å². The first-order valence-electron chi connectivity index (χ1n) is 7.79. The number of carbonyl (C=O) groups is 2. The number of rotatable bonds is 2. The van der Waals surface area contributed by atoms with Gasteiger partial charge in [0, 0.05) is 21.6 Å². The molecular formula is C17H14ClN5O2S. The maximum absolute atomic E-state index is 12.6. The second-order valence-electron chi connectivity index (χ2n) is 5.81. The lowest BCUT2D eigenvalue weighted by Gasteiger charge is -2.29. The Morgan fingerprint density at radius 2 is 2.19 bits per heavy atom. The molecule has 0 spiro atoms. The number of allylic oxidation sites excluding steroid dienone is 1. The molecule has 7 nitrogen and oxygen atoms in total. The molecule has 3 aromatic rings. The van der Waals surface area contributed by atoms with E-state index in [2.05, 4.69) is 20.8 Å². The van der Waals surface area contributed by atoms with Crippen LogP contribution in [0.15, 0.2) is 48.3 Å². The van der Waals surface area contributed by atoms with E-state index < -0.39 is 12.1 Å². The largest absolute Gasteiger partial charge is 0.334 e. The molecule has 1 atom stereocenters. The monoisotopic (exact) mass is 387 g/mol. The van der Waals surface area contributed by atoms with Crippen LogP contribution >= 0.6 is 22.9 Å². The normalized spacial score (nSPS) is 17.2. The Labute approximate surface area is 157 Å². The Balaban J connectivity index is 1.54. The third-order valence-electron chi connectivity index (χ3n) is 4.04. The number of urea groups is 2. The molecule has 1 aromatic carbocycles. The van der Waals surface area contributed by atoms with Gasteiger partial charge in [0.25, 0.3) is 0 Å². The van der Waals surface area contributed by atoms with Crippen LogP contribution in [0.5, 0.6) is 0 Å². The van der Waals surface area contributed by atoms with Crippen LogP contribution in [0.4, 0.5) is 15.3 Å². The number of amides is 4. The van der Waals surface area contributed by atoms with Crippen LogP contribution in [0.3, 0.4) is 0 Å². The lowest BCUT2D eigenvalue weighted by molar-refractivity contribution is 0.199. The predicted octanol–water partition coefficient (Wildman–Crippen LogP) is 4.48. The highest BCUT2D eigenvalue weighted by Gasteiger charge is 2.30. The van der Waals surface area contributed by atoms with Gasteiger partial charge in [0.05, 0.1) is 22.1 Å². The van der Waals surface area contributed by atoms with Crippen molar-refractivity contribution < 1.29 is 9.59 Å². The molecule has 0 saturated carbocycles. The summed E-state index contributed by atoms with van der Waals surface area (Å²) in [6.45, 7) is 1.72. The minimum absolute atomic E-state index is 0.300. The van der Waals surface area contributed by atoms with Crippen molar-refractivity contribution >= 4 is 51.6 Å². The second-order valence-corrected chi connectivity index (χ2v) is 7.56. The number of hydrogen-bond donors (Lipinski definition) is 3. The molecule has 0 fully saturated rings. The van der Waals surface area contributed by atoms with Gasteiger partial charge in [-0.15, -0.1) is 11.3 Å². The highest BCUT2D eigenvalue weighted by atomic mass is 35.5. The van der Waals surface area contributed by atoms with Gasteiger partial charge < -0.3 is 10.6 Å². The summed E-state index contributed by atoms with van der Waals surface area (Å²) in [6, 6.07) is 7.67. The molecule has 1 unspecified atom stereocenters. The van der Waals surface area contributed by atoms with Crippen LogP contribution in [0, 0.1) is 0 Å². The number of thiophene rings is 1. The van der Waals surface area contributed by atoms with E-state index in [4.69, 9.17) is 11.6 Å². The Hall–Kier alpha value is -2.84. The fraction of sp³-hybridized carbons (Fsp3) is 0.118. The highest BCUT2D eigenvalue weighted by molar-refractivity contribution is 7.16. The van der Waals surface area contributed by atoms with E-state index in [1.807, 2.05) is 18.2 Å². The van der Waals surface area contributed by atoms with Crippen LogP contribution in [0.1, 0.15) is 17.8 Å². The van der Waals surface area contributed by atoms with Gasteiger partial charge in [-0.05, 0) is 43.3 Å². The van der Waals surface area contributed by atoms with Crippen LogP contribution in [-0.4, -0.2) is 27.2 Å². The van der Waals surface area contributed by atoms with E-state index in [-0.39, 0.29) is 6.04 Å². The smallest absolute Gasteiger partial charge is 0.326 e. The third kappa shape index (κ3) is 3.04. The maximum atomic E-state index is 12.6. The number of nitrogens with one attached hydrogen (secondary N) is 3. The first kappa shape index (κ1) is 16.6. The minimum Gasteiger partial charge on any atom is -0.326 e. The van der Waals surface area contributed by atoms with Crippen LogP contribution in [0.25, 0.3) is 10.9 Å². The lowest BCUT2D eigenvalue weighted by Crippen LogP contribution is -2.48. The second kappa shape index (κ2) is 6.47. The van der Waals surface area contributed by atoms with Crippen LogP contribution < -0.4 is 10.6 Å².